The summed E-state index contributed by atoms with van der Waals surface area (Å²) >= 11 is 3.41. The second-order valence-corrected chi connectivity index (χ2v) is 15.5. The number of thiazole rings is 2. The predicted molar refractivity (Wildman–Crippen MR) is 232 cm³/mol. The van der Waals surface area contributed by atoms with E-state index in [-0.39, 0.29) is 0 Å². The molecule has 0 aliphatic carbocycles. The van der Waals surface area contributed by atoms with Crippen molar-refractivity contribution in [3.63, 3.8) is 0 Å². The van der Waals surface area contributed by atoms with Crippen LogP contribution in [0.4, 0.5) is 17.1 Å². The fourth-order valence-electron chi connectivity index (χ4n) is 7.36. The van der Waals surface area contributed by atoms with Crippen LogP contribution in [0, 0.1) is 0 Å². The van der Waals surface area contributed by atoms with Gasteiger partial charge in [0.1, 0.15) is 10.0 Å². The van der Waals surface area contributed by atoms with Gasteiger partial charge in [0.15, 0.2) is 0 Å². The van der Waals surface area contributed by atoms with Gasteiger partial charge in [-0.2, -0.15) is 0 Å². The Labute approximate surface area is 325 Å². The summed E-state index contributed by atoms with van der Waals surface area (Å²) in [5.74, 6) is 0. The van der Waals surface area contributed by atoms with Crippen LogP contribution in [0.3, 0.4) is 0 Å². The molecule has 0 aliphatic heterocycles. The molecule has 0 N–H and O–H groups in total. The molecule has 0 fully saturated rings. The van der Waals surface area contributed by atoms with Crippen molar-refractivity contribution >= 4 is 92.7 Å². The van der Waals surface area contributed by atoms with Crippen LogP contribution in [0.5, 0.6) is 0 Å². The Balaban J connectivity index is 1.01. The molecule has 4 aromatic heterocycles. The molecule has 0 saturated carbocycles. The van der Waals surface area contributed by atoms with Gasteiger partial charge in [-0.1, -0.05) is 48.5 Å². The van der Waals surface area contributed by atoms with E-state index in [0.717, 1.165) is 92.9 Å². The number of anilines is 3. The Morgan fingerprint density at radius 1 is 0.436 bits per heavy atom. The SMILES string of the molecule is [2H]c1cc(-c2ccnc3cc4cccnc4cc23)cc2ccc(N(c3ccc(-c4nc5ccccc5s4)cc3)c3ccc(-c4nc5ccccc5s4)cc3)cc12. The zero-order valence-electron chi connectivity index (χ0n) is 30.2. The van der Waals surface area contributed by atoms with E-state index in [1.807, 2.05) is 42.7 Å². The fraction of sp³-hybridized carbons (Fsp3) is 0. The summed E-state index contributed by atoms with van der Waals surface area (Å²) in [5, 5.41) is 5.94. The molecule has 11 aromatic rings. The smallest absolute Gasteiger partial charge is 0.124 e. The molecule has 7 aromatic carbocycles. The Kier molecular flexibility index (Phi) is 7.21. The first-order chi connectivity index (χ1) is 27.6. The van der Waals surface area contributed by atoms with Gasteiger partial charge in [0.2, 0.25) is 0 Å². The van der Waals surface area contributed by atoms with Crippen molar-refractivity contribution in [1.82, 2.24) is 19.9 Å². The van der Waals surface area contributed by atoms with Crippen LogP contribution in [0.15, 0.2) is 176 Å². The Morgan fingerprint density at radius 2 is 1.07 bits per heavy atom. The fourth-order valence-corrected chi connectivity index (χ4v) is 9.31. The van der Waals surface area contributed by atoms with Gasteiger partial charge in [0.05, 0.1) is 32.8 Å². The Morgan fingerprint density at radius 3 is 1.75 bits per heavy atom. The highest BCUT2D eigenvalue weighted by atomic mass is 32.1. The second-order valence-electron chi connectivity index (χ2n) is 13.5. The zero-order chi connectivity index (χ0) is 37.2. The van der Waals surface area contributed by atoms with Gasteiger partial charge in [0, 0.05) is 51.4 Å². The van der Waals surface area contributed by atoms with Crippen molar-refractivity contribution in [2.24, 2.45) is 0 Å². The standard InChI is InChI=1S/C48H29N5S2/c1-3-9-45-41(7-1)51-47(54-45)30-13-18-36(19-14-30)53(37-20-15-31(16-21-37)48-52-42-8-2-4-10-46(42)55-48)38-22-17-32-26-34(12-11-33(32)27-38)39-23-25-50-44-28-35-6-5-24-49-43(35)29-40(39)44/h1-29H/i11D. The van der Waals surface area contributed by atoms with Crippen molar-refractivity contribution < 1.29 is 1.37 Å². The zero-order valence-corrected chi connectivity index (χ0v) is 30.9. The minimum atomic E-state index is 0.459. The van der Waals surface area contributed by atoms with Crippen molar-refractivity contribution in [3.8, 4) is 32.3 Å². The third-order valence-corrected chi connectivity index (χ3v) is 12.3. The van der Waals surface area contributed by atoms with E-state index in [1.165, 1.54) is 9.40 Å². The first-order valence-corrected chi connectivity index (χ1v) is 19.7. The van der Waals surface area contributed by atoms with Crippen molar-refractivity contribution in [2.45, 2.75) is 0 Å². The third kappa shape index (κ3) is 5.69. The van der Waals surface area contributed by atoms with Crippen LogP contribution in [0.2, 0.25) is 0 Å². The molecule has 0 spiro atoms. The maximum absolute atomic E-state index is 9.32. The van der Waals surface area contributed by atoms with Gasteiger partial charge in [-0.25, -0.2) is 9.97 Å². The average Bonchev–Trinajstić information content (AvgIpc) is 3.89. The molecule has 0 saturated heterocycles. The average molecular weight is 741 g/mol. The number of hydrogen-bond donors (Lipinski definition) is 0. The minimum absolute atomic E-state index is 0.459. The largest absolute Gasteiger partial charge is 0.310 e. The number of para-hydroxylation sites is 2. The monoisotopic (exact) mass is 740 g/mol. The lowest BCUT2D eigenvalue weighted by atomic mass is 9.97. The molecule has 0 unspecified atom stereocenters. The van der Waals surface area contributed by atoms with Crippen LogP contribution < -0.4 is 4.90 Å². The highest BCUT2D eigenvalue weighted by Gasteiger charge is 2.16. The minimum Gasteiger partial charge on any atom is -0.310 e. The lowest BCUT2D eigenvalue weighted by Gasteiger charge is -2.26. The first-order valence-electron chi connectivity index (χ1n) is 18.5. The summed E-state index contributed by atoms with van der Waals surface area (Å²) in [7, 11) is 0. The second kappa shape index (κ2) is 13.0. The number of nitrogens with zero attached hydrogens (tertiary/aromatic N) is 5. The van der Waals surface area contributed by atoms with E-state index in [2.05, 4.69) is 142 Å². The van der Waals surface area contributed by atoms with Crippen molar-refractivity contribution in [2.75, 3.05) is 4.90 Å². The van der Waals surface area contributed by atoms with Crippen LogP contribution in [0.1, 0.15) is 1.37 Å². The topological polar surface area (TPSA) is 54.8 Å². The van der Waals surface area contributed by atoms with Gasteiger partial charge in [-0.15, -0.1) is 22.7 Å². The van der Waals surface area contributed by atoms with E-state index < -0.39 is 0 Å². The number of pyridine rings is 2. The van der Waals surface area contributed by atoms with Gasteiger partial charge < -0.3 is 4.90 Å². The van der Waals surface area contributed by atoms with E-state index in [4.69, 9.17) is 9.97 Å². The van der Waals surface area contributed by atoms with Crippen LogP contribution >= 0.6 is 22.7 Å². The van der Waals surface area contributed by atoms with Crippen LogP contribution in [-0.2, 0) is 0 Å². The van der Waals surface area contributed by atoms with Crippen molar-refractivity contribution in [3.05, 3.63) is 176 Å². The molecule has 7 heteroatoms. The molecule has 0 aliphatic rings. The summed E-state index contributed by atoms with van der Waals surface area (Å²) in [6, 6.07) is 55.0. The van der Waals surface area contributed by atoms with E-state index >= 15 is 0 Å². The molecule has 55 heavy (non-hydrogen) atoms. The van der Waals surface area contributed by atoms with E-state index in [0.29, 0.717) is 6.04 Å². The number of aromatic nitrogens is 4. The third-order valence-electron chi connectivity index (χ3n) is 10.1. The summed E-state index contributed by atoms with van der Waals surface area (Å²) in [4.78, 5) is 21.3. The number of rotatable bonds is 6. The molecule has 5 nitrogen and oxygen atoms in total. The lowest BCUT2D eigenvalue weighted by Crippen LogP contribution is -2.09. The number of fused-ring (bicyclic) bond motifs is 5. The lowest BCUT2D eigenvalue weighted by molar-refractivity contribution is 1.29. The summed E-state index contributed by atoms with van der Waals surface area (Å²) < 4.78 is 11.7. The van der Waals surface area contributed by atoms with E-state index in [9.17, 15) is 1.37 Å². The molecule has 0 radical (unpaired) electrons. The molecule has 0 atom stereocenters. The summed E-state index contributed by atoms with van der Waals surface area (Å²) in [6.45, 7) is 0. The predicted octanol–water partition coefficient (Wildman–Crippen LogP) is 13.6. The van der Waals surface area contributed by atoms with Crippen LogP contribution in [0.25, 0.3) is 85.3 Å². The van der Waals surface area contributed by atoms with Gasteiger partial charge in [-0.3, -0.25) is 9.97 Å². The number of hydrogen-bond acceptors (Lipinski definition) is 7. The molecule has 4 heterocycles. The number of benzene rings is 7. The Hall–Kier alpha value is -6.80. The maximum atomic E-state index is 9.32. The quantitative estimate of drug-likeness (QED) is 0.159. The highest BCUT2D eigenvalue weighted by molar-refractivity contribution is 7.22. The molecule has 0 bridgehead atoms. The Bertz CT molecular complexity index is 3100. The normalized spacial score (nSPS) is 11.9. The molecule has 11 rings (SSSR count). The van der Waals surface area contributed by atoms with Crippen molar-refractivity contribution in [1.29, 1.82) is 0 Å². The van der Waals surface area contributed by atoms with Crippen LogP contribution in [-0.4, -0.2) is 19.9 Å². The summed E-state index contributed by atoms with van der Waals surface area (Å²) in [6.07, 6.45) is 3.66. The molecular weight excluding hydrogens is 711 g/mol. The first kappa shape index (κ1) is 30.6. The maximum Gasteiger partial charge on any atom is 0.124 e. The van der Waals surface area contributed by atoms with Gasteiger partial charge in [0.25, 0.3) is 0 Å². The van der Waals surface area contributed by atoms with E-state index in [1.54, 1.807) is 22.7 Å². The van der Waals surface area contributed by atoms with Gasteiger partial charge in [-0.05, 0) is 137 Å². The molecule has 0 amide bonds. The summed E-state index contributed by atoms with van der Waals surface area (Å²) in [5.41, 5.74) is 11.0. The molecule has 258 valence electrons. The van der Waals surface area contributed by atoms with Gasteiger partial charge >= 0.3 is 0 Å². The highest BCUT2D eigenvalue weighted by Crippen LogP contribution is 2.40. The molecular formula is C48H29N5S2.